The molecule has 0 aliphatic rings. The lowest BCUT2D eigenvalue weighted by molar-refractivity contribution is -0.102. The third-order valence-corrected chi connectivity index (χ3v) is 3.31. The molecule has 1 rings (SSSR count). The molecule has 0 amide bonds. The molecule has 0 aliphatic carbocycles. The van der Waals surface area contributed by atoms with Gasteiger partial charge in [-0.05, 0) is 39.2 Å². The summed E-state index contributed by atoms with van der Waals surface area (Å²) in [6.45, 7) is 6.28. The average molecular weight is 278 g/mol. The van der Waals surface area contributed by atoms with Crippen molar-refractivity contribution in [2.75, 3.05) is 6.61 Å². The van der Waals surface area contributed by atoms with Crippen LogP contribution in [0.25, 0.3) is 0 Å². The summed E-state index contributed by atoms with van der Waals surface area (Å²) in [4.78, 5) is 0. The number of allylic oxidation sites excluding steroid dienone is 2. The fourth-order valence-electron chi connectivity index (χ4n) is 1.86. The molecule has 0 saturated heterocycles. The average Bonchev–Trinajstić information content (AvgIpc) is 2.39. The van der Waals surface area contributed by atoms with Crippen molar-refractivity contribution in [1.82, 2.24) is 0 Å². The standard InChI is InChI=1S/C17H26O3/c1-14(2)8-7-11-17(3,19)16(18)13-20-12-15-9-5-4-6-10-15/h4-6,8-10,16,18-19H,7,11-13H2,1-3H3/t16-,17+/m1/s1. The summed E-state index contributed by atoms with van der Waals surface area (Å²) in [5, 5.41) is 20.3. The van der Waals surface area contributed by atoms with E-state index in [1.54, 1.807) is 6.92 Å². The van der Waals surface area contributed by atoms with Gasteiger partial charge in [-0.2, -0.15) is 0 Å². The number of hydrogen-bond donors (Lipinski definition) is 2. The second-order valence-corrected chi connectivity index (χ2v) is 5.69. The van der Waals surface area contributed by atoms with E-state index in [0.29, 0.717) is 13.0 Å². The zero-order chi connectivity index (χ0) is 15.0. The summed E-state index contributed by atoms with van der Waals surface area (Å²) in [5.74, 6) is 0. The lowest BCUT2D eigenvalue weighted by atomic mass is 9.93. The Kier molecular flexibility index (Phi) is 6.93. The molecule has 3 heteroatoms. The van der Waals surface area contributed by atoms with E-state index < -0.39 is 11.7 Å². The summed E-state index contributed by atoms with van der Waals surface area (Å²) in [6, 6.07) is 9.79. The second-order valence-electron chi connectivity index (χ2n) is 5.69. The molecule has 0 radical (unpaired) electrons. The van der Waals surface area contributed by atoms with Crippen LogP contribution in [0.2, 0.25) is 0 Å². The van der Waals surface area contributed by atoms with Crippen LogP contribution in [0.1, 0.15) is 39.2 Å². The van der Waals surface area contributed by atoms with Gasteiger partial charge in [-0.3, -0.25) is 0 Å². The minimum atomic E-state index is -1.12. The maximum Gasteiger partial charge on any atom is 0.106 e. The smallest absolute Gasteiger partial charge is 0.106 e. The van der Waals surface area contributed by atoms with Crippen LogP contribution in [0.5, 0.6) is 0 Å². The number of ether oxygens (including phenoxy) is 1. The highest BCUT2D eigenvalue weighted by Gasteiger charge is 2.29. The Morgan fingerprint density at radius 2 is 1.95 bits per heavy atom. The van der Waals surface area contributed by atoms with Crippen LogP contribution in [0, 0.1) is 0 Å². The molecule has 1 aromatic carbocycles. The third kappa shape index (κ3) is 6.33. The van der Waals surface area contributed by atoms with E-state index in [9.17, 15) is 10.2 Å². The van der Waals surface area contributed by atoms with Crippen LogP contribution < -0.4 is 0 Å². The maximum atomic E-state index is 10.2. The normalized spacial score (nSPS) is 15.4. The van der Waals surface area contributed by atoms with Crippen molar-refractivity contribution in [3.63, 3.8) is 0 Å². The van der Waals surface area contributed by atoms with Crippen molar-refractivity contribution < 1.29 is 14.9 Å². The van der Waals surface area contributed by atoms with Gasteiger partial charge in [0.1, 0.15) is 6.10 Å². The van der Waals surface area contributed by atoms with E-state index in [1.165, 1.54) is 5.57 Å². The number of aliphatic hydroxyl groups is 2. The molecule has 0 saturated carbocycles. The van der Waals surface area contributed by atoms with Gasteiger partial charge in [-0.15, -0.1) is 0 Å². The van der Waals surface area contributed by atoms with E-state index >= 15 is 0 Å². The lowest BCUT2D eigenvalue weighted by Gasteiger charge is -2.28. The first-order valence-corrected chi connectivity index (χ1v) is 7.07. The van der Waals surface area contributed by atoms with E-state index in [2.05, 4.69) is 6.08 Å². The van der Waals surface area contributed by atoms with Gasteiger partial charge >= 0.3 is 0 Å². The van der Waals surface area contributed by atoms with Crippen molar-refractivity contribution in [3.05, 3.63) is 47.5 Å². The third-order valence-electron chi connectivity index (χ3n) is 3.31. The fourth-order valence-corrected chi connectivity index (χ4v) is 1.86. The lowest BCUT2D eigenvalue weighted by Crippen LogP contribution is -2.42. The highest BCUT2D eigenvalue weighted by Crippen LogP contribution is 2.18. The summed E-state index contributed by atoms with van der Waals surface area (Å²) >= 11 is 0. The van der Waals surface area contributed by atoms with Crippen LogP contribution in [0.4, 0.5) is 0 Å². The zero-order valence-electron chi connectivity index (χ0n) is 12.7. The molecule has 1 aromatic rings. The van der Waals surface area contributed by atoms with Gasteiger partial charge in [0, 0.05) is 0 Å². The molecule has 3 nitrogen and oxygen atoms in total. The first kappa shape index (κ1) is 16.9. The molecule has 0 aromatic heterocycles. The number of rotatable bonds is 8. The minimum absolute atomic E-state index is 0.136. The SMILES string of the molecule is CC(C)=CCC[C@](C)(O)[C@H](O)COCc1ccccc1. The van der Waals surface area contributed by atoms with Crippen molar-refractivity contribution in [2.45, 2.75) is 51.9 Å². The zero-order valence-corrected chi connectivity index (χ0v) is 12.7. The second kappa shape index (κ2) is 8.20. The maximum absolute atomic E-state index is 10.2. The van der Waals surface area contributed by atoms with Crippen molar-refractivity contribution >= 4 is 0 Å². The van der Waals surface area contributed by atoms with Crippen molar-refractivity contribution in [3.8, 4) is 0 Å². The topological polar surface area (TPSA) is 49.7 Å². The summed E-state index contributed by atoms with van der Waals surface area (Å²) in [7, 11) is 0. The quantitative estimate of drug-likeness (QED) is 0.719. The van der Waals surface area contributed by atoms with E-state index in [4.69, 9.17) is 4.74 Å². The Hall–Kier alpha value is -1.16. The molecule has 2 atom stereocenters. The van der Waals surface area contributed by atoms with Gasteiger partial charge < -0.3 is 14.9 Å². The Balaban J connectivity index is 2.33. The number of hydrogen-bond acceptors (Lipinski definition) is 3. The number of aliphatic hydroxyl groups excluding tert-OH is 1. The van der Waals surface area contributed by atoms with Crippen molar-refractivity contribution in [1.29, 1.82) is 0 Å². The Morgan fingerprint density at radius 1 is 1.30 bits per heavy atom. The van der Waals surface area contributed by atoms with Crippen LogP contribution in [-0.2, 0) is 11.3 Å². The van der Waals surface area contributed by atoms with Gasteiger partial charge in [0.15, 0.2) is 0 Å². The molecule has 112 valence electrons. The van der Waals surface area contributed by atoms with E-state index in [1.807, 2.05) is 44.2 Å². The summed E-state index contributed by atoms with van der Waals surface area (Å²) in [5.41, 5.74) is 1.15. The van der Waals surface area contributed by atoms with Crippen molar-refractivity contribution in [2.24, 2.45) is 0 Å². The Morgan fingerprint density at radius 3 is 2.55 bits per heavy atom. The molecule has 0 spiro atoms. The first-order valence-electron chi connectivity index (χ1n) is 7.07. The summed E-state index contributed by atoms with van der Waals surface area (Å²) < 4.78 is 5.47. The van der Waals surface area contributed by atoms with E-state index in [0.717, 1.165) is 12.0 Å². The predicted octanol–water partition coefficient (Wildman–Crippen LogP) is 3.06. The molecule has 0 bridgehead atoms. The van der Waals surface area contributed by atoms with Gasteiger partial charge in [-0.1, -0.05) is 42.0 Å². The van der Waals surface area contributed by atoms with Gasteiger partial charge in [0.05, 0.1) is 18.8 Å². The summed E-state index contributed by atoms with van der Waals surface area (Å²) in [6.07, 6.45) is 2.46. The Bertz CT molecular complexity index is 406. The highest BCUT2D eigenvalue weighted by atomic mass is 16.5. The molecular formula is C17H26O3. The van der Waals surface area contributed by atoms with E-state index in [-0.39, 0.29) is 6.61 Å². The van der Waals surface area contributed by atoms with Crippen LogP contribution in [0.15, 0.2) is 42.0 Å². The largest absolute Gasteiger partial charge is 0.388 e. The van der Waals surface area contributed by atoms with Crippen LogP contribution in [0.3, 0.4) is 0 Å². The number of benzene rings is 1. The fraction of sp³-hybridized carbons (Fsp3) is 0.529. The van der Waals surface area contributed by atoms with Crippen LogP contribution >= 0.6 is 0 Å². The Labute approximate surface area is 121 Å². The molecule has 0 heterocycles. The van der Waals surface area contributed by atoms with Gasteiger partial charge in [-0.25, -0.2) is 0 Å². The first-order chi connectivity index (χ1) is 9.42. The molecule has 0 aliphatic heterocycles. The molecule has 20 heavy (non-hydrogen) atoms. The van der Waals surface area contributed by atoms with Gasteiger partial charge in [0.2, 0.25) is 0 Å². The van der Waals surface area contributed by atoms with Gasteiger partial charge in [0.25, 0.3) is 0 Å². The predicted molar refractivity (Wildman–Crippen MR) is 81.4 cm³/mol. The molecule has 2 N–H and O–H groups in total. The molecule has 0 fully saturated rings. The molecular weight excluding hydrogens is 252 g/mol. The van der Waals surface area contributed by atoms with Crippen LogP contribution in [-0.4, -0.2) is 28.5 Å². The highest BCUT2D eigenvalue weighted by molar-refractivity contribution is 5.13. The monoisotopic (exact) mass is 278 g/mol. The minimum Gasteiger partial charge on any atom is -0.388 e. The molecule has 0 unspecified atom stereocenters.